The summed E-state index contributed by atoms with van der Waals surface area (Å²) in [4.78, 5) is 14.1. The summed E-state index contributed by atoms with van der Waals surface area (Å²) in [5, 5.41) is 11.2. The van der Waals surface area contributed by atoms with Gasteiger partial charge in [-0.05, 0) is 42.8 Å². The molecule has 2 aliphatic heterocycles. The maximum Gasteiger partial charge on any atom is 0.260 e. The molecule has 0 saturated carbocycles. The minimum atomic E-state index is -0.819. The highest BCUT2D eigenvalue weighted by atomic mass is 35.5. The molecular weight excluding hydrogens is 410 g/mol. The van der Waals surface area contributed by atoms with E-state index in [4.69, 9.17) is 30.5 Å². The molecule has 1 fully saturated rings. The number of amides is 1. The van der Waals surface area contributed by atoms with Crippen LogP contribution in [0.1, 0.15) is 12.0 Å². The molecule has 30 heavy (non-hydrogen) atoms. The molecule has 8 heteroatoms. The number of hydrogen-bond donors (Lipinski definition) is 1. The first-order chi connectivity index (χ1) is 14.5. The number of aliphatic hydroxyl groups is 1. The highest BCUT2D eigenvalue weighted by Crippen LogP contribution is 2.40. The average molecular weight is 434 g/mol. The maximum absolute atomic E-state index is 12.5. The Bertz CT molecular complexity index is 920. The van der Waals surface area contributed by atoms with Crippen molar-refractivity contribution >= 4 is 17.5 Å². The van der Waals surface area contributed by atoms with Crippen LogP contribution >= 0.6 is 11.6 Å². The molecule has 0 aliphatic carbocycles. The second-order valence-corrected chi connectivity index (χ2v) is 7.77. The first-order valence-corrected chi connectivity index (χ1v) is 10.3. The fraction of sp³-hybridized carbons (Fsp3) is 0.409. The molecule has 2 aromatic carbocycles. The van der Waals surface area contributed by atoms with E-state index in [0.29, 0.717) is 54.2 Å². The van der Waals surface area contributed by atoms with Gasteiger partial charge in [-0.3, -0.25) is 4.79 Å². The number of likely N-dealkylation sites (tertiary alicyclic amines) is 1. The lowest BCUT2D eigenvalue weighted by molar-refractivity contribution is -0.139. The van der Waals surface area contributed by atoms with E-state index in [1.54, 1.807) is 29.2 Å². The van der Waals surface area contributed by atoms with Gasteiger partial charge in [-0.15, -0.1) is 0 Å². The van der Waals surface area contributed by atoms with E-state index in [9.17, 15) is 9.90 Å². The number of nitrogens with zero attached hydrogens (tertiary/aromatic N) is 1. The summed E-state index contributed by atoms with van der Waals surface area (Å²) < 4.78 is 22.9. The molecule has 2 aliphatic rings. The SMILES string of the molecule is Cc1cc(Cl)ccc1OCC(=O)N1CC[C@@H](Oc2cccc3c2OCCO3)[C@H](O)C1. The van der Waals surface area contributed by atoms with Gasteiger partial charge in [-0.2, -0.15) is 0 Å². The summed E-state index contributed by atoms with van der Waals surface area (Å²) in [5.41, 5.74) is 0.861. The Balaban J connectivity index is 1.32. The van der Waals surface area contributed by atoms with Gasteiger partial charge in [0.15, 0.2) is 18.1 Å². The number of hydrogen-bond acceptors (Lipinski definition) is 6. The van der Waals surface area contributed by atoms with Crippen LogP contribution in [0.4, 0.5) is 0 Å². The van der Waals surface area contributed by atoms with E-state index < -0.39 is 12.2 Å². The lowest BCUT2D eigenvalue weighted by Crippen LogP contribution is -2.52. The van der Waals surface area contributed by atoms with Gasteiger partial charge in [-0.25, -0.2) is 0 Å². The van der Waals surface area contributed by atoms with Gasteiger partial charge in [0.2, 0.25) is 5.75 Å². The molecule has 0 radical (unpaired) electrons. The van der Waals surface area contributed by atoms with Crippen molar-refractivity contribution in [1.82, 2.24) is 4.90 Å². The van der Waals surface area contributed by atoms with E-state index in [2.05, 4.69) is 0 Å². The van der Waals surface area contributed by atoms with Crippen molar-refractivity contribution in [3.05, 3.63) is 47.0 Å². The average Bonchev–Trinajstić information content (AvgIpc) is 2.74. The van der Waals surface area contributed by atoms with Crippen LogP contribution in [-0.4, -0.2) is 61.0 Å². The van der Waals surface area contributed by atoms with Crippen LogP contribution in [0.3, 0.4) is 0 Å². The van der Waals surface area contributed by atoms with E-state index in [-0.39, 0.29) is 19.1 Å². The molecule has 0 unspecified atom stereocenters. The molecule has 0 aromatic heterocycles. The van der Waals surface area contributed by atoms with Gasteiger partial charge >= 0.3 is 0 Å². The highest BCUT2D eigenvalue weighted by Gasteiger charge is 2.33. The summed E-state index contributed by atoms with van der Waals surface area (Å²) >= 11 is 5.94. The summed E-state index contributed by atoms with van der Waals surface area (Å²) in [6.45, 7) is 3.37. The van der Waals surface area contributed by atoms with Crippen LogP contribution in [-0.2, 0) is 4.79 Å². The number of piperidine rings is 1. The van der Waals surface area contributed by atoms with Gasteiger partial charge in [-0.1, -0.05) is 17.7 Å². The summed E-state index contributed by atoms with van der Waals surface area (Å²) in [5.74, 6) is 2.16. The van der Waals surface area contributed by atoms with E-state index >= 15 is 0 Å². The molecule has 0 bridgehead atoms. The summed E-state index contributed by atoms with van der Waals surface area (Å²) in [7, 11) is 0. The third kappa shape index (κ3) is 4.57. The fourth-order valence-electron chi connectivity index (χ4n) is 3.58. The van der Waals surface area contributed by atoms with Crippen LogP contribution in [0.5, 0.6) is 23.0 Å². The Labute approximate surface area is 180 Å². The smallest absolute Gasteiger partial charge is 0.260 e. The maximum atomic E-state index is 12.5. The van der Waals surface area contributed by atoms with Crippen molar-refractivity contribution in [3.8, 4) is 23.0 Å². The van der Waals surface area contributed by atoms with Crippen LogP contribution < -0.4 is 18.9 Å². The van der Waals surface area contributed by atoms with Crippen molar-refractivity contribution in [2.24, 2.45) is 0 Å². The largest absolute Gasteiger partial charge is 0.486 e. The van der Waals surface area contributed by atoms with Crippen molar-refractivity contribution in [3.63, 3.8) is 0 Å². The first kappa shape index (κ1) is 20.6. The molecule has 7 nitrogen and oxygen atoms in total. The Kier molecular flexibility index (Phi) is 6.20. The van der Waals surface area contributed by atoms with Gasteiger partial charge in [0.1, 0.15) is 31.2 Å². The van der Waals surface area contributed by atoms with Crippen LogP contribution in [0.2, 0.25) is 5.02 Å². The predicted molar refractivity (Wildman–Crippen MR) is 111 cm³/mol. The minimum absolute atomic E-state index is 0.0991. The number of aliphatic hydroxyl groups excluding tert-OH is 1. The van der Waals surface area contributed by atoms with E-state index in [0.717, 1.165) is 5.56 Å². The summed E-state index contributed by atoms with van der Waals surface area (Å²) in [6, 6.07) is 10.7. The number of aryl methyl sites for hydroxylation is 1. The lowest BCUT2D eigenvalue weighted by atomic mass is 10.0. The molecule has 4 rings (SSSR count). The number of para-hydroxylation sites is 1. The molecular formula is C22H24ClNO6. The second kappa shape index (κ2) is 9.02. The summed E-state index contributed by atoms with van der Waals surface area (Å²) in [6.07, 6.45) is -0.761. The Morgan fingerprint density at radius 3 is 2.87 bits per heavy atom. The molecule has 1 N–H and O–H groups in total. The Morgan fingerprint density at radius 2 is 2.07 bits per heavy atom. The third-order valence-electron chi connectivity index (χ3n) is 5.17. The minimum Gasteiger partial charge on any atom is -0.486 e. The number of carbonyl (C=O) groups excluding carboxylic acids is 1. The standard InChI is InChI=1S/C22H24ClNO6/c1-14-11-15(23)5-6-17(14)29-13-21(26)24-8-7-18(16(25)12-24)30-20-4-2-3-19-22(20)28-10-9-27-19/h2-6,11,16,18,25H,7-10,12-13H2,1H3/t16-,18-/m1/s1. The molecule has 2 aromatic rings. The number of benzene rings is 2. The van der Waals surface area contributed by atoms with Crippen molar-refractivity contribution in [2.75, 3.05) is 32.9 Å². The number of halogens is 1. The van der Waals surface area contributed by atoms with Crippen molar-refractivity contribution < 1.29 is 28.8 Å². The fourth-order valence-corrected chi connectivity index (χ4v) is 3.81. The number of β-amino-alcohol motifs (C(OH)–C–C–N with tert-alkyl or cyclic N) is 1. The predicted octanol–water partition coefficient (Wildman–Crippen LogP) is 2.84. The van der Waals surface area contributed by atoms with Crippen LogP contribution in [0, 0.1) is 6.92 Å². The van der Waals surface area contributed by atoms with Gasteiger partial charge in [0.25, 0.3) is 5.91 Å². The number of rotatable bonds is 5. The Hall–Kier alpha value is -2.64. The molecule has 160 valence electrons. The number of fused-ring (bicyclic) bond motifs is 1. The normalized spacial score (nSPS) is 20.6. The quantitative estimate of drug-likeness (QED) is 0.781. The van der Waals surface area contributed by atoms with Crippen molar-refractivity contribution in [2.45, 2.75) is 25.6 Å². The lowest BCUT2D eigenvalue weighted by Gasteiger charge is -2.36. The highest BCUT2D eigenvalue weighted by molar-refractivity contribution is 6.30. The first-order valence-electron chi connectivity index (χ1n) is 9.91. The zero-order chi connectivity index (χ0) is 21.1. The molecule has 1 amide bonds. The zero-order valence-corrected chi connectivity index (χ0v) is 17.4. The molecule has 2 heterocycles. The second-order valence-electron chi connectivity index (χ2n) is 7.33. The molecule has 0 spiro atoms. The van der Waals surface area contributed by atoms with Gasteiger partial charge in [0.05, 0.1) is 6.54 Å². The monoisotopic (exact) mass is 433 g/mol. The topological polar surface area (TPSA) is 77.5 Å². The van der Waals surface area contributed by atoms with Gasteiger partial charge in [0, 0.05) is 18.0 Å². The Morgan fingerprint density at radius 1 is 1.23 bits per heavy atom. The molecule has 2 atom stereocenters. The zero-order valence-electron chi connectivity index (χ0n) is 16.7. The number of carbonyl (C=O) groups is 1. The van der Waals surface area contributed by atoms with Gasteiger partial charge < -0.3 is 29.0 Å². The number of ether oxygens (including phenoxy) is 4. The third-order valence-corrected chi connectivity index (χ3v) is 5.40. The van der Waals surface area contributed by atoms with E-state index in [1.807, 2.05) is 19.1 Å². The van der Waals surface area contributed by atoms with Crippen molar-refractivity contribution in [1.29, 1.82) is 0 Å². The van der Waals surface area contributed by atoms with Crippen LogP contribution in [0.25, 0.3) is 0 Å². The van der Waals surface area contributed by atoms with Crippen LogP contribution in [0.15, 0.2) is 36.4 Å². The van der Waals surface area contributed by atoms with E-state index in [1.165, 1.54) is 0 Å². The molecule has 1 saturated heterocycles.